The summed E-state index contributed by atoms with van der Waals surface area (Å²) in [6.07, 6.45) is 3.58. The number of hydrogen-bond acceptors (Lipinski definition) is 4. The molecular formula is C10H14N4S. The summed E-state index contributed by atoms with van der Waals surface area (Å²) in [7, 11) is 0. The normalized spacial score (nSPS) is 12.7. The van der Waals surface area contributed by atoms with Gasteiger partial charge in [-0.2, -0.15) is 0 Å². The number of aromatic nitrogens is 3. The Hall–Kier alpha value is -1.36. The van der Waals surface area contributed by atoms with Gasteiger partial charge in [-0.1, -0.05) is 0 Å². The number of rotatable bonds is 3. The second kappa shape index (κ2) is 4.02. The molecule has 2 N–H and O–H groups in total. The van der Waals surface area contributed by atoms with Gasteiger partial charge < -0.3 is 10.3 Å². The van der Waals surface area contributed by atoms with Crippen molar-refractivity contribution in [1.29, 1.82) is 0 Å². The average molecular weight is 222 g/mol. The quantitative estimate of drug-likeness (QED) is 0.839. The minimum atomic E-state index is 0.157. The maximum atomic E-state index is 4.43. The highest BCUT2D eigenvalue weighted by molar-refractivity contribution is 7.15. The Morgan fingerprint density at radius 3 is 2.80 bits per heavy atom. The van der Waals surface area contributed by atoms with Crippen LogP contribution in [0.3, 0.4) is 0 Å². The first-order chi connectivity index (χ1) is 7.16. The highest BCUT2D eigenvalue weighted by Gasteiger charge is 2.10. The lowest BCUT2D eigenvalue weighted by molar-refractivity contribution is 0.808. The predicted molar refractivity (Wildman–Crippen MR) is 62.2 cm³/mol. The third-order valence-electron chi connectivity index (χ3n) is 2.30. The highest BCUT2D eigenvalue weighted by Crippen LogP contribution is 2.24. The second-order valence-electron chi connectivity index (χ2n) is 3.50. The monoisotopic (exact) mass is 222 g/mol. The van der Waals surface area contributed by atoms with Crippen molar-refractivity contribution in [3.63, 3.8) is 0 Å². The summed E-state index contributed by atoms with van der Waals surface area (Å²) in [5.41, 5.74) is 1.09. The first-order valence-electron chi connectivity index (χ1n) is 4.86. The van der Waals surface area contributed by atoms with E-state index >= 15 is 0 Å². The Morgan fingerprint density at radius 1 is 1.47 bits per heavy atom. The molecule has 15 heavy (non-hydrogen) atoms. The van der Waals surface area contributed by atoms with Gasteiger partial charge in [-0.25, -0.2) is 9.97 Å². The molecule has 2 aromatic heterocycles. The molecule has 4 nitrogen and oxygen atoms in total. The Morgan fingerprint density at radius 2 is 2.27 bits per heavy atom. The Kier molecular flexibility index (Phi) is 2.73. The fraction of sp³-hybridized carbons (Fsp3) is 0.400. The van der Waals surface area contributed by atoms with Crippen LogP contribution >= 0.6 is 11.3 Å². The summed E-state index contributed by atoms with van der Waals surface area (Å²) in [5, 5.41) is 4.27. The lowest BCUT2D eigenvalue weighted by Crippen LogP contribution is -2.07. The van der Waals surface area contributed by atoms with Crippen molar-refractivity contribution < 1.29 is 0 Å². The molecule has 0 saturated heterocycles. The largest absolute Gasteiger partial charge is 0.352 e. The number of nitrogens with zero attached hydrogens (tertiary/aromatic N) is 2. The number of thiazole rings is 1. The molecule has 0 fully saturated rings. The van der Waals surface area contributed by atoms with Gasteiger partial charge >= 0.3 is 0 Å². The van der Waals surface area contributed by atoms with E-state index in [0.717, 1.165) is 16.6 Å². The van der Waals surface area contributed by atoms with E-state index in [0.29, 0.717) is 0 Å². The van der Waals surface area contributed by atoms with Gasteiger partial charge in [-0.3, -0.25) is 0 Å². The summed E-state index contributed by atoms with van der Waals surface area (Å²) in [4.78, 5) is 13.0. The van der Waals surface area contributed by atoms with Crippen molar-refractivity contribution in [3.05, 3.63) is 28.8 Å². The van der Waals surface area contributed by atoms with E-state index in [1.807, 2.05) is 13.1 Å². The average Bonchev–Trinajstić information content (AvgIpc) is 2.77. The molecule has 0 bridgehead atoms. The number of aryl methyl sites for hydroxylation is 2. The Labute approximate surface area is 92.8 Å². The topological polar surface area (TPSA) is 53.6 Å². The zero-order valence-corrected chi connectivity index (χ0v) is 9.85. The summed E-state index contributed by atoms with van der Waals surface area (Å²) in [6.45, 7) is 6.16. The molecule has 0 saturated carbocycles. The van der Waals surface area contributed by atoms with Crippen LogP contribution in [-0.2, 0) is 0 Å². The smallest absolute Gasteiger partial charge is 0.183 e. The van der Waals surface area contributed by atoms with E-state index in [9.17, 15) is 0 Å². The number of hydrogen-bond donors (Lipinski definition) is 2. The van der Waals surface area contributed by atoms with Crippen molar-refractivity contribution in [2.24, 2.45) is 0 Å². The summed E-state index contributed by atoms with van der Waals surface area (Å²) in [6, 6.07) is 0.157. The van der Waals surface area contributed by atoms with Crippen LogP contribution in [0.25, 0.3) is 0 Å². The van der Waals surface area contributed by atoms with E-state index in [1.165, 1.54) is 4.88 Å². The molecule has 0 radical (unpaired) electrons. The van der Waals surface area contributed by atoms with Gasteiger partial charge in [0.2, 0.25) is 0 Å². The van der Waals surface area contributed by atoms with Crippen LogP contribution in [0.15, 0.2) is 12.4 Å². The fourth-order valence-electron chi connectivity index (χ4n) is 1.30. The van der Waals surface area contributed by atoms with Crippen molar-refractivity contribution in [3.8, 4) is 0 Å². The van der Waals surface area contributed by atoms with Crippen LogP contribution in [0.1, 0.15) is 29.4 Å². The van der Waals surface area contributed by atoms with Gasteiger partial charge in [-0.15, -0.1) is 11.3 Å². The molecule has 80 valence electrons. The van der Waals surface area contributed by atoms with Crippen LogP contribution in [0.4, 0.5) is 5.13 Å². The number of aromatic amines is 1. The van der Waals surface area contributed by atoms with Gasteiger partial charge in [0, 0.05) is 17.3 Å². The Balaban J connectivity index is 2.09. The third-order valence-corrected chi connectivity index (χ3v) is 3.30. The molecule has 2 heterocycles. The lowest BCUT2D eigenvalue weighted by Gasteiger charge is -2.09. The number of H-pyrrole nitrogens is 1. The van der Waals surface area contributed by atoms with E-state index in [1.54, 1.807) is 17.5 Å². The molecule has 0 spiro atoms. The van der Waals surface area contributed by atoms with Crippen LogP contribution < -0.4 is 5.32 Å². The minimum Gasteiger partial charge on any atom is -0.352 e. The summed E-state index contributed by atoms with van der Waals surface area (Å²) in [5.74, 6) is 0.931. The number of nitrogens with one attached hydrogen (secondary N) is 2. The number of anilines is 1. The Bertz CT molecular complexity index is 413. The molecule has 1 atom stereocenters. The van der Waals surface area contributed by atoms with E-state index in [4.69, 9.17) is 0 Å². The SMILES string of the molecule is Cc1nc(NC(C)c2ncc[nH]2)sc1C. The van der Waals surface area contributed by atoms with Crippen LogP contribution in [0.2, 0.25) is 0 Å². The molecule has 0 aromatic carbocycles. The standard InChI is InChI=1S/C10H14N4S/c1-6-8(3)15-10(13-6)14-7(2)9-11-4-5-12-9/h4-5,7H,1-3H3,(H,11,12)(H,13,14). The van der Waals surface area contributed by atoms with Gasteiger partial charge in [-0.05, 0) is 20.8 Å². The van der Waals surface area contributed by atoms with Gasteiger partial charge in [0.05, 0.1) is 11.7 Å². The first-order valence-corrected chi connectivity index (χ1v) is 5.68. The van der Waals surface area contributed by atoms with E-state index < -0.39 is 0 Å². The molecular weight excluding hydrogens is 208 g/mol. The zero-order chi connectivity index (χ0) is 10.8. The molecule has 2 rings (SSSR count). The molecule has 0 aliphatic carbocycles. The van der Waals surface area contributed by atoms with Crippen molar-refractivity contribution >= 4 is 16.5 Å². The number of imidazole rings is 1. The van der Waals surface area contributed by atoms with Crippen LogP contribution in [0, 0.1) is 13.8 Å². The van der Waals surface area contributed by atoms with Gasteiger partial charge in [0.1, 0.15) is 5.82 Å². The third kappa shape index (κ3) is 2.18. The van der Waals surface area contributed by atoms with E-state index in [-0.39, 0.29) is 6.04 Å². The minimum absolute atomic E-state index is 0.157. The highest BCUT2D eigenvalue weighted by atomic mass is 32.1. The van der Waals surface area contributed by atoms with E-state index in [2.05, 4.69) is 34.1 Å². The zero-order valence-electron chi connectivity index (χ0n) is 9.03. The maximum Gasteiger partial charge on any atom is 0.183 e. The summed E-state index contributed by atoms with van der Waals surface area (Å²) >= 11 is 1.68. The molecule has 5 heteroatoms. The molecule has 0 amide bonds. The van der Waals surface area contributed by atoms with Crippen molar-refractivity contribution in [2.45, 2.75) is 26.8 Å². The van der Waals surface area contributed by atoms with Crippen molar-refractivity contribution in [2.75, 3.05) is 5.32 Å². The van der Waals surface area contributed by atoms with Gasteiger partial charge in [0.15, 0.2) is 5.13 Å². The lowest BCUT2D eigenvalue weighted by atomic mass is 10.3. The maximum absolute atomic E-state index is 4.43. The van der Waals surface area contributed by atoms with Crippen LogP contribution in [0.5, 0.6) is 0 Å². The first kappa shape index (κ1) is 10.2. The van der Waals surface area contributed by atoms with Crippen LogP contribution in [-0.4, -0.2) is 15.0 Å². The summed E-state index contributed by atoms with van der Waals surface area (Å²) < 4.78 is 0. The predicted octanol–water partition coefficient (Wildman–Crippen LogP) is 2.66. The van der Waals surface area contributed by atoms with Crippen molar-refractivity contribution in [1.82, 2.24) is 15.0 Å². The van der Waals surface area contributed by atoms with Gasteiger partial charge in [0.25, 0.3) is 0 Å². The molecule has 2 aromatic rings. The second-order valence-corrected chi connectivity index (χ2v) is 4.70. The fourth-order valence-corrected chi connectivity index (χ4v) is 2.20. The molecule has 0 aliphatic rings. The molecule has 0 aliphatic heterocycles. The molecule has 1 unspecified atom stereocenters.